The van der Waals surface area contributed by atoms with Crippen LogP contribution in [-0.4, -0.2) is 25.6 Å². The van der Waals surface area contributed by atoms with Gasteiger partial charge in [-0.15, -0.1) is 0 Å². The van der Waals surface area contributed by atoms with Gasteiger partial charge in [-0.05, 0) is 24.3 Å². The van der Waals surface area contributed by atoms with Gasteiger partial charge in [0.25, 0.3) is 5.91 Å². The van der Waals surface area contributed by atoms with Crippen LogP contribution >= 0.6 is 11.6 Å². The highest BCUT2D eigenvalue weighted by Gasteiger charge is 2.14. The van der Waals surface area contributed by atoms with Crippen molar-refractivity contribution in [2.24, 2.45) is 0 Å². The highest BCUT2D eigenvalue weighted by Crippen LogP contribution is 2.19. The number of nitrogens with zero attached hydrogens (tertiary/aromatic N) is 1. The minimum absolute atomic E-state index is 0.0590. The van der Waals surface area contributed by atoms with E-state index in [0.717, 1.165) is 18.5 Å². The average molecular weight is 329 g/mol. The molecule has 1 aromatic carbocycles. The van der Waals surface area contributed by atoms with Gasteiger partial charge in [-0.3, -0.25) is 4.79 Å². The second-order valence-electron chi connectivity index (χ2n) is 4.25. The van der Waals surface area contributed by atoms with Crippen LogP contribution in [0.3, 0.4) is 0 Å². The van der Waals surface area contributed by atoms with E-state index in [9.17, 15) is 17.6 Å². The summed E-state index contributed by atoms with van der Waals surface area (Å²) in [5.74, 6) is -1.38. The second kappa shape index (κ2) is 5.79. The minimum Gasteiger partial charge on any atom is -0.322 e. The monoisotopic (exact) mass is 328 g/mol. The summed E-state index contributed by atoms with van der Waals surface area (Å²) in [5.41, 5.74) is 0.115. The van der Waals surface area contributed by atoms with E-state index in [1.54, 1.807) is 0 Å². The molecule has 1 aromatic heterocycles. The molecule has 2 rings (SSSR count). The molecule has 21 heavy (non-hydrogen) atoms. The number of hydrogen-bond acceptors (Lipinski definition) is 4. The Bertz CT molecular complexity index is 809. The molecule has 1 amide bonds. The number of halogens is 2. The lowest BCUT2D eigenvalue weighted by Crippen LogP contribution is -2.13. The number of rotatable bonds is 3. The summed E-state index contributed by atoms with van der Waals surface area (Å²) < 4.78 is 36.0. The van der Waals surface area contributed by atoms with Gasteiger partial charge in [-0.25, -0.2) is 17.8 Å². The molecule has 8 heteroatoms. The third-order valence-electron chi connectivity index (χ3n) is 2.57. The lowest BCUT2D eigenvalue weighted by Gasteiger charge is -2.07. The van der Waals surface area contributed by atoms with Gasteiger partial charge >= 0.3 is 0 Å². The third-order valence-corrected chi connectivity index (χ3v) is 3.98. The van der Waals surface area contributed by atoms with E-state index in [-0.39, 0.29) is 21.3 Å². The van der Waals surface area contributed by atoms with Crippen molar-refractivity contribution >= 4 is 33.0 Å². The molecule has 0 aliphatic carbocycles. The Kier molecular flexibility index (Phi) is 4.24. The molecule has 110 valence electrons. The van der Waals surface area contributed by atoms with Crippen LogP contribution in [0.15, 0.2) is 41.4 Å². The van der Waals surface area contributed by atoms with Crippen LogP contribution in [0.5, 0.6) is 0 Å². The van der Waals surface area contributed by atoms with Gasteiger partial charge in [-0.1, -0.05) is 17.7 Å². The molecule has 0 saturated carbocycles. The van der Waals surface area contributed by atoms with Crippen molar-refractivity contribution < 1.29 is 17.6 Å². The number of aromatic nitrogens is 1. The Morgan fingerprint density at radius 2 is 2.05 bits per heavy atom. The molecule has 2 aromatic rings. The summed E-state index contributed by atoms with van der Waals surface area (Å²) in [5, 5.41) is 2.30. The van der Waals surface area contributed by atoms with Gasteiger partial charge in [-0.2, -0.15) is 0 Å². The smallest absolute Gasteiger partial charge is 0.258 e. The Balaban J connectivity index is 2.30. The Morgan fingerprint density at radius 3 is 2.71 bits per heavy atom. The molecule has 0 aliphatic heterocycles. The molecule has 0 bridgehead atoms. The van der Waals surface area contributed by atoms with Gasteiger partial charge in [0.05, 0.1) is 16.7 Å². The summed E-state index contributed by atoms with van der Waals surface area (Å²) in [6, 6.07) is 6.64. The van der Waals surface area contributed by atoms with Crippen LogP contribution in [0, 0.1) is 5.82 Å². The molecule has 1 N–H and O–H groups in total. The molecular weight excluding hydrogens is 319 g/mol. The van der Waals surface area contributed by atoms with Gasteiger partial charge < -0.3 is 5.32 Å². The molecular formula is C13H10ClFN2O3S. The van der Waals surface area contributed by atoms with Crippen molar-refractivity contribution in [3.05, 3.63) is 53.1 Å². The molecule has 5 nitrogen and oxygen atoms in total. The third kappa shape index (κ3) is 3.77. The van der Waals surface area contributed by atoms with Crippen molar-refractivity contribution in [1.29, 1.82) is 0 Å². The van der Waals surface area contributed by atoms with Crippen LogP contribution in [0.25, 0.3) is 0 Å². The quantitative estimate of drug-likeness (QED) is 0.878. The van der Waals surface area contributed by atoms with E-state index in [2.05, 4.69) is 10.3 Å². The van der Waals surface area contributed by atoms with E-state index >= 15 is 0 Å². The largest absolute Gasteiger partial charge is 0.322 e. The highest BCUT2D eigenvalue weighted by atomic mass is 35.5. The van der Waals surface area contributed by atoms with Crippen molar-refractivity contribution in [3.8, 4) is 0 Å². The molecule has 1 heterocycles. The standard InChI is InChI=1S/C13H10ClFN2O3S/c1-21(19,20)10-4-2-3-9(6-10)17-13(18)11-5-8(15)7-16-12(11)14/h2-7H,1H3,(H,17,18). The molecule has 0 unspecified atom stereocenters. The predicted octanol–water partition coefficient (Wildman–Crippen LogP) is 2.53. The highest BCUT2D eigenvalue weighted by molar-refractivity contribution is 7.90. The summed E-state index contributed by atoms with van der Waals surface area (Å²) in [6.45, 7) is 0. The summed E-state index contributed by atoms with van der Waals surface area (Å²) in [4.78, 5) is 15.6. The number of carbonyl (C=O) groups is 1. The van der Waals surface area contributed by atoms with Crippen molar-refractivity contribution in [2.75, 3.05) is 11.6 Å². The maximum Gasteiger partial charge on any atom is 0.258 e. The van der Waals surface area contributed by atoms with E-state index in [1.807, 2.05) is 0 Å². The Morgan fingerprint density at radius 1 is 1.33 bits per heavy atom. The minimum atomic E-state index is -3.39. The topological polar surface area (TPSA) is 76.1 Å². The average Bonchev–Trinajstić information content (AvgIpc) is 2.41. The van der Waals surface area contributed by atoms with Crippen LogP contribution < -0.4 is 5.32 Å². The first-order valence-corrected chi connectivity index (χ1v) is 7.97. The van der Waals surface area contributed by atoms with Gasteiger partial charge in [0.15, 0.2) is 9.84 Å². The van der Waals surface area contributed by atoms with E-state index in [4.69, 9.17) is 11.6 Å². The van der Waals surface area contributed by atoms with E-state index in [1.165, 1.54) is 24.3 Å². The predicted molar refractivity (Wildman–Crippen MR) is 76.7 cm³/mol. The van der Waals surface area contributed by atoms with Crippen molar-refractivity contribution in [1.82, 2.24) is 4.98 Å². The molecule has 0 atom stereocenters. The van der Waals surface area contributed by atoms with Crippen LogP contribution in [0.4, 0.5) is 10.1 Å². The number of hydrogen-bond donors (Lipinski definition) is 1. The van der Waals surface area contributed by atoms with Gasteiger partial charge in [0.1, 0.15) is 11.0 Å². The number of anilines is 1. The fourth-order valence-electron chi connectivity index (χ4n) is 1.58. The zero-order chi connectivity index (χ0) is 15.6. The first kappa shape index (κ1) is 15.4. The maximum atomic E-state index is 13.1. The molecule has 0 aliphatic rings. The first-order chi connectivity index (χ1) is 9.77. The first-order valence-electron chi connectivity index (χ1n) is 5.70. The normalized spacial score (nSPS) is 11.2. The van der Waals surface area contributed by atoms with Crippen LogP contribution in [-0.2, 0) is 9.84 Å². The zero-order valence-corrected chi connectivity index (χ0v) is 12.4. The van der Waals surface area contributed by atoms with Crippen LogP contribution in [0.1, 0.15) is 10.4 Å². The zero-order valence-electron chi connectivity index (χ0n) is 10.8. The number of sulfone groups is 1. The fraction of sp³-hybridized carbons (Fsp3) is 0.0769. The number of amides is 1. The molecule has 0 radical (unpaired) electrons. The van der Waals surface area contributed by atoms with E-state index in [0.29, 0.717) is 0 Å². The number of nitrogens with one attached hydrogen (secondary N) is 1. The molecule has 0 fully saturated rings. The molecule has 0 saturated heterocycles. The number of pyridine rings is 1. The van der Waals surface area contributed by atoms with Crippen molar-refractivity contribution in [3.63, 3.8) is 0 Å². The molecule has 0 spiro atoms. The Labute approximate surface area is 125 Å². The second-order valence-corrected chi connectivity index (χ2v) is 6.62. The lowest BCUT2D eigenvalue weighted by atomic mass is 10.2. The summed E-state index contributed by atoms with van der Waals surface area (Å²) in [6.07, 6.45) is 1.95. The van der Waals surface area contributed by atoms with E-state index < -0.39 is 21.6 Å². The summed E-state index contributed by atoms with van der Waals surface area (Å²) >= 11 is 5.73. The lowest BCUT2D eigenvalue weighted by molar-refractivity contribution is 0.102. The SMILES string of the molecule is CS(=O)(=O)c1cccc(NC(=O)c2cc(F)cnc2Cl)c1. The van der Waals surface area contributed by atoms with Crippen molar-refractivity contribution in [2.45, 2.75) is 4.90 Å². The maximum absolute atomic E-state index is 13.1. The number of benzene rings is 1. The fourth-order valence-corrected chi connectivity index (χ4v) is 2.44. The van der Waals surface area contributed by atoms with Crippen LogP contribution in [0.2, 0.25) is 5.15 Å². The number of carbonyl (C=O) groups excluding carboxylic acids is 1. The van der Waals surface area contributed by atoms with Gasteiger partial charge in [0.2, 0.25) is 0 Å². The van der Waals surface area contributed by atoms with Gasteiger partial charge in [0, 0.05) is 11.9 Å². The summed E-state index contributed by atoms with van der Waals surface area (Å²) in [7, 11) is -3.39. The Hall–Kier alpha value is -1.99.